The molecular weight excluding hydrogens is 396 g/mol. The summed E-state index contributed by atoms with van der Waals surface area (Å²) in [7, 11) is 0. The lowest BCUT2D eigenvalue weighted by Gasteiger charge is -2.19. The molecule has 0 aliphatic rings. The lowest BCUT2D eigenvalue weighted by molar-refractivity contribution is 0.0985. The first kappa shape index (κ1) is 18.7. The number of para-hydroxylation sites is 1. The Balaban J connectivity index is 1.66. The maximum absolute atomic E-state index is 13.3. The van der Waals surface area contributed by atoms with E-state index in [1.165, 1.54) is 11.3 Å². The van der Waals surface area contributed by atoms with Crippen molar-refractivity contribution in [3.63, 3.8) is 0 Å². The average molecular weight is 415 g/mol. The first-order valence-electron chi connectivity index (χ1n) is 8.92. The number of halogens is 1. The van der Waals surface area contributed by atoms with Gasteiger partial charge >= 0.3 is 0 Å². The summed E-state index contributed by atoms with van der Waals surface area (Å²) in [6.45, 7) is 4.93. The lowest BCUT2D eigenvalue weighted by Crippen LogP contribution is -2.32. The molecule has 1 aromatic carbocycles. The number of fused-ring (bicyclic) bond motifs is 1. The van der Waals surface area contributed by atoms with Gasteiger partial charge in [-0.05, 0) is 38.5 Å². The van der Waals surface area contributed by atoms with Gasteiger partial charge < -0.3 is 8.98 Å². The van der Waals surface area contributed by atoms with Crippen molar-refractivity contribution in [3.8, 4) is 0 Å². The minimum absolute atomic E-state index is 0.116. The monoisotopic (exact) mass is 414 g/mol. The molecule has 0 spiro atoms. The van der Waals surface area contributed by atoms with Crippen LogP contribution >= 0.6 is 22.9 Å². The second kappa shape index (κ2) is 7.77. The van der Waals surface area contributed by atoms with Crippen molar-refractivity contribution < 1.29 is 9.21 Å². The Morgan fingerprint density at radius 2 is 2.21 bits per heavy atom. The van der Waals surface area contributed by atoms with E-state index in [2.05, 4.69) is 9.97 Å². The minimum atomic E-state index is -0.116. The molecule has 3 heterocycles. The van der Waals surface area contributed by atoms with Crippen molar-refractivity contribution in [1.82, 2.24) is 14.5 Å². The summed E-state index contributed by atoms with van der Waals surface area (Å²) < 4.78 is 8.51. The molecule has 4 aromatic rings. The molecule has 4 rings (SSSR count). The molecular formula is C20H19ClN4O2S. The van der Waals surface area contributed by atoms with Gasteiger partial charge in [-0.1, -0.05) is 29.0 Å². The van der Waals surface area contributed by atoms with Crippen molar-refractivity contribution in [3.05, 3.63) is 65.1 Å². The number of imidazole rings is 1. The van der Waals surface area contributed by atoms with E-state index in [0.717, 1.165) is 23.2 Å². The standard InChI is InChI=1S/C20H19ClN4O2S/c1-13-11-15(14(2)27-13)19(26)25(9-4-8-24-10-7-22-12-24)20-23-18-16(21)5-3-6-17(18)28-20/h3,5-7,10-12H,4,8-9H2,1-2H3. The first-order valence-corrected chi connectivity index (χ1v) is 10.1. The van der Waals surface area contributed by atoms with E-state index >= 15 is 0 Å². The van der Waals surface area contributed by atoms with Crippen LogP contribution in [0.2, 0.25) is 5.02 Å². The maximum Gasteiger partial charge on any atom is 0.263 e. The van der Waals surface area contributed by atoms with E-state index in [4.69, 9.17) is 16.0 Å². The largest absolute Gasteiger partial charge is 0.466 e. The topological polar surface area (TPSA) is 64.2 Å². The molecule has 6 nitrogen and oxygen atoms in total. The van der Waals surface area contributed by atoms with Gasteiger partial charge in [-0.2, -0.15) is 0 Å². The van der Waals surface area contributed by atoms with E-state index in [1.807, 2.05) is 35.9 Å². The third-order valence-electron chi connectivity index (χ3n) is 4.46. The van der Waals surface area contributed by atoms with Crippen molar-refractivity contribution in [1.29, 1.82) is 0 Å². The third kappa shape index (κ3) is 3.68. The number of furan rings is 1. The number of carbonyl (C=O) groups is 1. The average Bonchev–Trinajstić information content (AvgIpc) is 3.38. The predicted octanol–water partition coefficient (Wildman–Crippen LogP) is 5.09. The van der Waals surface area contributed by atoms with E-state index < -0.39 is 0 Å². The van der Waals surface area contributed by atoms with Crippen LogP contribution in [0.25, 0.3) is 10.2 Å². The Kier molecular flexibility index (Phi) is 5.19. The van der Waals surface area contributed by atoms with Crippen LogP contribution < -0.4 is 4.90 Å². The Morgan fingerprint density at radius 1 is 1.36 bits per heavy atom. The highest BCUT2D eigenvalue weighted by Crippen LogP contribution is 2.34. The molecule has 1 amide bonds. The number of carbonyl (C=O) groups excluding carboxylic acids is 1. The van der Waals surface area contributed by atoms with Crippen LogP contribution in [0.15, 0.2) is 47.4 Å². The fraction of sp³-hybridized carbons (Fsp3) is 0.250. The Bertz CT molecular complexity index is 1120. The highest BCUT2D eigenvalue weighted by molar-refractivity contribution is 7.22. The van der Waals surface area contributed by atoms with E-state index in [-0.39, 0.29) is 5.91 Å². The van der Waals surface area contributed by atoms with Gasteiger partial charge in [0.15, 0.2) is 5.13 Å². The number of aryl methyl sites for hydroxylation is 3. The number of nitrogens with zero attached hydrogens (tertiary/aromatic N) is 4. The summed E-state index contributed by atoms with van der Waals surface area (Å²) in [6, 6.07) is 7.44. The second-order valence-electron chi connectivity index (χ2n) is 6.52. The Labute approximate surface area is 171 Å². The van der Waals surface area contributed by atoms with Crippen LogP contribution in [-0.4, -0.2) is 27.0 Å². The van der Waals surface area contributed by atoms with E-state index in [0.29, 0.717) is 33.8 Å². The van der Waals surface area contributed by atoms with E-state index in [9.17, 15) is 4.79 Å². The number of thiazole rings is 1. The Hall–Kier alpha value is -2.64. The molecule has 0 saturated carbocycles. The van der Waals surface area contributed by atoms with Gasteiger partial charge in [-0.25, -0.2) is 9.97 Å². The third-order valence-corrected chi connectivity index (χ3v) is 5.81. The molecule has 0 aliphatic carbocycles. The van der Waals surface area contributed by atoms with Gasteiger partial charge in [0.25, 0.3) is 5.91 Å². The summed E-state index contributed by atoms with van der Waals surface area (Å²) in [4.78, 5) is 23.7. The number of amides is 1. The fourth-order valence-electron chi connectivity index (χ4n) is 3.12. The molecule has 0 radical (unpaired) electrons. The number of hydrogen-bond donors (Lipinski definition) is 0. The van der Waals surface area contributed by atoms with Crippen molar-refractivity contribution >= 4 is 44.2 Å². The molecule has 0 N–H and O–H groups in total. The number of aromatic nitrogens is 3. The molecule has 0 bridgehead atoms. The lowest BCUT2D eigenvalue weighted by atomic mass is 10.2. The van der Waals surface area contributed by atoms with Gasteiger partial charge in [-0.3, -0.25) is 9.69 Å². The fourth-order valence-corrected chi connectivity index (χ4v) is 4.41. The summed E-state index contributed by atoms with van der Waals surface area (Å²) in [6.07, 6.45) is 6.19. The molecule has 0 atom stereocenters. The van der Waals surface area contributed by atoms with Crippen LogP contribution in [0.1, 0.15) is 28.3 Å². The number of hydrogen-bond acceptors (Lipinski definition) is 5. The minimum Gasteiger partial charge on any atom is -0.466 e. The second-order valence-corrected chi connectivity index (χ2v) is 7.94. The number of anilines is 1. The molecule has 28 heavy (non-hydrogen) atoms. The highest BCUT2D eigenvalue weighted by Gasteiger charge is 2.24. The molecule has 0 unspecified atom stereocenters. The molecule has 144 valence electrons. The quantitative estimate of drug-likeness (QED) is 0.440. The molecule has 8 heteroatoms. The summed E-state index contributed by atoms with van der Waals surface area (Å²) in [5, 5.41) is 1.22. The summed E-state index contributed by atoms with van der Waals surface area (Å²) in [5.41, 5.74) is 1.28. The predicted molar refractivity (Wildman–Crippen MR) is 111 cm³/mol. The summed E-state index contributed by atoms with van der Waals surface area (Å²) >= 11 is 7.75. The number of rotatable bonds is 6. The normalized spacial score (nSPS) is 11.2. The van der Waals surface area contributed by atoms with Crippen LogP contribution in [0.3, 0.4) is 0 Å². The van der Waals surface area contributed by atoms with Crippen molar-refractivity contribution in [2.24, 2.45) is 0 Å². The highest BCUT2D eigenvalue weighted by atomic mass is 35.5. The molecule has 0 saturated heterocycles. The Morgan fingerprint density at radius 3 is 2.89 bits per heavy atom. The number of benzene rings is 1. The van der Waals surface area contributed by atoms with Crippen LogP contribution in [0.4, 0.5) is 5.13 Å². The molecule has 3 aromatic heterocycles. The van der Waals surface area contributed by atoms with Crippen molar-refractivity contribution in [2.75, 3.05) is 11.4 Å². The van der Waals surface area contributed by atoms with Crippen LogP contribution in [0, 0.1) is 13.8 Å². The van der Waals surface area contributed by atoms with Gasteiger partial charge in [0.1, 0.15) is 17.0 Å². The zero-order chi connectivity index (χ0) is 19.7. The SMILES string of the molecule is Cc1cc(C(=O)N(CCCn2ccnc2)c2nc3c(Cl)cccc3s2)c(C)o1. The van der Waals surface area contributed by atoms with Crippen LogP contribution in [-0.2, 0) is 6.54 Å². The zero-order valence-corrected chi connectivity index (χ0v) is 17.1. The maximum atomic E-state index is 13.3. The van der Waals surface area contributed by atoms with Crippen molar-refractivity contribution in [2.45, 2.75) is 26.8 Å². The van der Waals surface area contributed by atoms with Gasteiger partial charge in [0.2, 0.25) is 0 Å². The van der Waals surface area contributed by atoms with Gasteiger partial charge in [0, 0.05) is 25.5 Å². The van der Waals surface area contributed by atoms with E-state index in [1.54, 1.807) is 30.4 Å². The van der Waals surface area contributed by atoms with Gasteiger partial charge in [-0.15, -0.1) is 0 Å². The molecule has 0 aliphatic heterocycles. The zero-order valence-electron chi connectivity index (χ0n) is 15.6. The smallest absolute Gasteiger partial charge is 0.263 e. The van der Waals surface area contributed by atoms with Gasteiger partial charge in [0.05, 0.1) is 21.6 Å². The van der Waals surface area contributed by atoms with Crippen LogP contribution in [0.5, 0.6) is 0 Å². The summed E-state index contributed by atoms with van der Waals surface area (Å²) in [5.74, 6) is 1.21. The molecule has 0 fully saturated rings. The first-order chi connectivity index (χ1) is 13.5.